The van der Waals surface area contributed by atoms with Crippen LogP contribution in [-0.4, -0.2) is 12.2 Å². The van der Waals surface area contributed by atoms with Crippen LogP contribution in [0.3, 0.4) is 0 Å². The van der Waals surface area contributed by atoms with Gasteiger partial charge < -0.3 is 9.84 Å². The molecular weight excluding hydrogens is 224 g/mol. The highest BCUT2D eigenvalue weighted by atomic mass is 16.5. The SMILES string of the molecule is COc1cccc(C/C=C/c2ccccc2)c1O. The van der Waals surface area contributed by atoms with Crippen molar-refractivity contribution >= 4 is 6.08 Å². The third kappa shape index (κ3) is 2.92. The zero-order valence-corrected chi connectivity index (χ0v) is 10.3. The van der Waals surface area contributed by atoms with Crippen LogP contribution in [0.15, 0.2) is 54.6 Å². The summed E-state index contributed by atoms with van der Waals surface area (Å²) in [5, 5.41) is 9.93. The van der Waals surface area contributed by atoms with Gasteiger partial charge in [0.2, 0.25) is 0 Å². The first-order valence-corrected chi connectivity index (χ1v) is 5.87. The van der Waals surface area contributed by atoms with Crippen LogP contribution in [0, 0.1) is 0 Å². The van der Waals surface area contributed by atoms with Crippen molar-refractivity contribution in [3.63, 3.8) is 0 Å². The fraction of sp³-hybridized carbons (Fsp3) is 0.125. The summed E-state index contributed by atoms with van der Waals surface area (Å²) in [6.07, 6.45) is 4.75. The second kappa shape index (κ2) is 5.92. The molecule has 0 fully saturated rings. The summed E-state index contributed by atoms with van der Waals surface area (Å²) >= 11 is 0. The second-order valence-electron chi connectivity index (χ2n) is 3.99. The van der Waals surface area contributed by atoms with Crippen molar-refractivity contribution in [3.05, 3.63) is 65.7 Å². The predicted octanol–water partition coefficient (Wildman–Crippen LogP) is 3.66. The molecule has 1 N–H and O–H groups in total. The predicted molar refractivity (Wildman–Crippen MR) is 73.8 cm³/mol. The van der Waals surface area contributed by atoms with Gasteiger partial charge in [0.1, 0.15) is 0 Å². The smallest absolute Gasteiger partial charge is 0.161 e. The number of para-hydroxylation sites is 1. The van der Waals surface area contributed by atoms with Gasteiger partial charge in [-0.1, -0.05) is 54.6 Å². The van der Waals surface area contributed by atoms with Crippen LogP contribution in [0.5, 0.6) is 11.5 Å². The van der Waals surface area contributed by atoms with Gasteiger partial charge in [-0.05, 0) is 18.1 Å². The van der Waals surface area contributed by atoms with Gasteiger partial charge in [0.15, 0.2) is 11.5 Å². The first kappa shape index (κ1) is 12.2. The Morgan fingerprint density at radius 3 is 2.56 bits per heavy atom. The van der Waals surface area contributed by atoms with E-state index >= 15 is 0 Å². The number of benzene rings is 2. The van der Waals surface area contributed by atoms with E-state index in [9.17, 15) is 5.11 Å². The summed E-state index contributed by atoms with van der Waals surface area (Å²) in [6.45, 7) is 0. The lowest BCUT2D eigenvalue weighted by atomic mass is 10.1. The number of hydrogen-bond donors (Lipinski definition) is 1. The molecule has 2 heteroatoms. The summed E-state index contributed by atoms with van der Waals surface area (Å²) < 4.78 is 5.08. The summed E-state index contributed by atoms with van der Waals surface area (Å²) in [4.78, 5) is 0. The molecule has 2 nitrogen and oxygen atoms in total. The third-order valence-corrected chi connectivity index (χ3v) is 2.75. The lowest BCUT2D eigenvalue weighted by molar-refractivity contribution is 0.371. The fourth-order valence-electron chi connectivity index (χ4n) is 1.78. The molecule has 0 aliphatic rings. The molecule has 2 aromatic carbocycles. The van der Waals surface area contributed by atoms with Crippen molar-refractivity contribution in [3.8, 4) is 11.5 Å². The van der Waals surface area contributed by atoms with Crippen LogP contribution in [0.4, 0.5) is 0 Å². The molecule has 0 saturated heterocycles. The minimum absolute atomic E-state index is 0.220. The molecule has 0 unspecified atom stereocenters. The maximum atomic E-state index is 9.93. The Kier molecular flexibility index (Phi) is 4.02. The standard InChI is InChI=1S/C16H16O2/c1-18-15-12-6-11-14(16(15)17)10-5-9-13-7-3-2-4-8-13/h2-9,11-12,17H,10H2,1H3/b9-5+. The zero-order valence-electron chi connectivity index (χ0n) is 10.3. The molecule has 0 aromatic heterocycles. The van der Waals surface area contributed by atoms with Crippen molar-refractivity contribution in [1.82, 2.24) is 0 Å². The number of hydrogen-bond acceptors (Lipinski definition) is 2. The number of phenolic OH excluding ortho intramolecular Hbond substituents is 1. The van der Waals surface area contributed by atoms with Gasteiger partial charge >= 0.3 is 0 Å². The summed E-state index contributed by atoms with van der Waals surface area (Å²) in [7, 11) is 1.55. The lowest BCUT2D eigenvalue weighted by Gasteiger charge is -2.06. The monoisotopic (exact) mass is 240 g/mol. The normalized spacial score (nSPS) is 10.7. The average Bonchev–Trinajstić information content (AvgIpc) is 2.42. The van der Waals surface area contributed by atoms with Crippen LogP contribution in [0.1, 0.15) is 11.1 Å². The number of ether oxygens (including phenoxy) is 1. The van der Waals surface area contributed by atoms with Crippen molar-refractivity contribution in [2.45, 2.75) is 6.42 Å². The Balaban J connectivity index is 2.09. The van der Waals surface area contributed by atoms with Crippen LogP contribution in [0.2, 0.25) is 0 Å². The number of rotatable bonds is 4. The number of allylic oxidation sites excluding steroid dienone is 1. The zero-order chi connectivity index (χ0) is 12.8. The molecule has 92 valence electrons. The van der Waals surface area contributed by atoms with Crippen LogP contribution in [0.25, 0.3) is 6.08 Å². The molecule has 2 aromatic rings. The highest BCUT2D eigenvalue weighted by Crippen LogP contribution is 2.29. The second-order valence-corrected chi connectivity index (χ2v) is 3.99. The van der Waals surface area contributed by atoms with E-state index in [0.29, 0.717) is 12.2 Å². The van der Waals surface area contributed by atoms with E-state index in [1.165, 1.54) is 0 Å². The molecule has 0 spiro atoms. The maximum absolute atomic E-state index is 9.93. The molecule has 0 aliphatic heterocycles. The molecule has 18 heavy (non-hydrogen) atoms. The largest absolute Gasteiger partial charge is 0.504 e. The van der Waals surface area contributed by atoms with Crippen LogP contribution < -0.4 is 4.74 Å². The molecule has 0 aliphatic carbocycles. The van der Waals surface area contributed by atoms with Gasteiger partial charge in [-0.2, -0.15) is 0 Å². The topological polar surface area (TPSA) is 29.5 Å². The maximum Gasteiger partial charge on any atom is 0.161 e. The molecule has 0 atom stereocenters. The molecule has 0 radical (unpaired) electrons. The van der Waals surface area contributed by atoms with E-state index in [4.69, 9.17) is 4.74 Å². The van der Waals surface area contributed by atoms with Crippen molar-refractivity contribution in [2.75, 3.05) is 7.11 Å². The van der Waals surface area contributed by atoms with Crippen molar-refractivity contribution in [2.24, 2.45) is 0 Å². The van der Waals surface area contributed by atoms with E-state index in [0.717, 1.165) is 11.1 Å². The van der Waals surface area contributed by atoms with E-state index < -0.39 is 0 Å². The number of phenols is 1. The third-order valence-electron chi connectivity index (χ3n) is 2.75. The molecular formula is C16H16O2. The molecule has 0 bridgehead atoms. The van der Waals surface area contributed by atoms with E-state index in [1.807, 2.05) is 54.6 Å². The average molecular weight is 240 g/mol. The molecule has 2 rings (SSSR count). The quantitative estimate of drug-likeness (QED) is 0.883. The highest BCUT2D eigenvalue weighted by molar-refractivity contribution is 5.51. The van der Waals surface area contributed by atoms with Crippen LogP contribution in [-0.2, 0) is 6.42 Å². The summed E-state index contributed by atoms with van der Waals surface area (Å²) in [5.74, 6) is 0.735. The van der Waals surface area contributed by atoms with E-state index in [2.05, 4.69) is 0 Å². The Morgan fingerprint density at radius 2 is 1.83 bits per heavy atom. The minimum Gasteiger partial charge on any atom is -0.504 e. The summed E-state index contributed by atoms with van der Waals surface area (Å²) in [5.41, 5.74) is 2.02. The fourth-order valence-corrected chi connectivity index (χ4v) is 1.78. The van der Waals surface area contributed by atoms with Crippen molar-refractivity contribution < 1.29 is 9.84 Å². The Labute approximate surface area is 107 Å². The molecule has 0 heterocycles. The minimum atomic E-state index is 0.220. The Morgan fingerprint density at radius 1 is 1.06 bits per heavy atom. The van der Waals surface area contributed by atoms with Crippen LogP contribution >= 0.6 is 0 Å². The lowest BCUT2D eigenvalue weighted by Crippen LogP contribution is -1.88. The first-order valence-electron chi connectivity index (χ1n) is 5.87. The van der Waals surface area contributed by atoms with Gasteiger partial charge in [0, 0.05) is 5.56 Å². The van der Waals surface area contributed by atoms with Gasteiger partial charge in [-0.3, -0.25) is 0 Å². The van der Waals surface area contributed by atoms with Gasteiger partial charge in [-0.25, -0.2) is 0 Å². The van der Waals surface area contributed by atoms with E-state index in [1.54, 1.807) is 13.2 Å². The number of aromatic hydroxyl groups is 1. The summed E-state index contributed by atoms with van der Waals surface area (Å²) in [6, 6.07) is 15.6. The van der Waals surface area contributed by atoms with Gasteiger partial charge in [0.25, 0.3) is 0 Å². The van der Waals surface area contributed by atoms with E-state index in [-0.39, 0.29) is 5.75 Å². The molecule has 0 amide bonds. The Hall–Kier alpha value is -2.22. The van der Waals surface area contributed by atoms with Gasteiger partial charge in [-0.15, -0.1) is 0 Å². The molecule has 0 saturated carbocycles. The van der Waals surface area contributed by atoms with Crippen molar-refractivity contribution in [1.29, 1.82) is 0 Å². The first-order chi connectivity index (χ1) is 8.81. The highest BCUT2D eigenvalue weighted by Gasteiger charge is 2.04. The number of methoxy groups -OCH3 is 1. The van der Waals surface area contributed by atoms with Gasteiger partial charge in [0.05, 0.1) is 7.11 Å². The Bertz CT molecular complexity index is 530.